The van der Waals surface area contributed by atoms with Gasteiger partial charge in [-0.05, 0) is 31.5 Å². The number of hydrogen-bond donors (Lipinski definition) is 2. The number of amides is 1. The highest BCUT2D eigenvalue weighted by molar-refractivity contribution is 5.98. The van der Waals surface area contributed by atoms with Crippen LogP contribution < -0.4 is 25.1 Å². The Morgan fingerprint density at radius 1 is 1.32 bits per heavy atom. The van der Waals surface area contributed by atoms with Crippen LogP contribution >= 0.6 is 0 Å². The van der Waals surface area contributed by atoms with E-state index >= 15 is 0 Å². The zero-order valence-electron chi connectivity index (χ0n) is 15.3. The molecule has 2 aliphatic heterocycles. The van der Waals surface area contributed by atoms with Crippen molar-refractivity contribution < 1.29 is 23.9 Å². The van der Waals surface area contributed by atoms with E-state index in [4.69, 9.17) is 14.2 Å². The Bertz CT molecular complexity index is 1040. The fourth-order valence-corrected chi connectivity index (χ4v) is 3.66. The van der Waals surface area contributed by atoms with Crippen molar-refractivity contribution in [2.75, 3.05) is 19.2 Å². The van der Waals surface area contributed by atoms with Crippen LogP contribution in [0.4, 0.5) is 5.82 Å². The van der Waals surface area contributed by atoms with Gasteiger partial charge < -0.3 is 19.5 Å². The maximum Gasteiger partial charge on any atom is 0.301 e. The summed E-state index contributed by atoms with van der Waals surface area (Å²) >= 11 is 0. The number of nitro groups is 1. The first-order chi connectivity index (χ1) is 13.3. The van der Waals surface area contributed by atoms with Gasteiger partial charge in [0.1, 0.15) is 5.82 Å². The maximum absolute atomic E-state index is 12.7. The molecule has 0 saturated heterocycles. The van der Waals surface area contributed by atoms with E-state index in [-0.39, 0.29) is 24.2 Å². The van der Waals surface area contributed by atoms with Crippen LogP contribution in [0.15, 0.2) is 16.9 Å². The van der Waals surface area contributed by atoms with Crippen molar-refractivity contribution in [2.24, 2.45) is 0 Å². The van der Waals surface area contributed by atoms with Crippen molar-refractivity contribution in [3.8, 4) is 17.2 Å². The summed E-state index contributed by atoms with van der Waals surface area (Å²) in [5, 5.41) is 16.9. The van der Waals surface area contributed by atoms with Crippen LogP contribution in [-0.4, -0.2) is 40.6 Å². The van der Waals surface area contributed by atoms with Crippen molar-refractivity contribution in [1.82, 2.24) is 9.78 Å². The second kappa shape index (κ2) is 6.29. The minimum Gasteiger partial charge on any atom is -0.493 e. The topological polar surface area (TPSA) is 138 Å². The van der Waals surface area contributed by atoms with Crippen molar-refractivity contribution in [1.29, 1.82) is 0 Å². The lowest BCUT2D eigenvalue weighted by atomic mass is 9.83. The van der Waals surface area contributed by atoms with Crippen molar-refractivity contribution in [2.45, 2.75) is 31.8 Å². The van der Waals surface area contributed by atoms with Gasteiger partial charge in [-0.15, -0.1) is 0 Å². The van der Waals surface area contributed by atoms with E-state index in [9.17, 15) is 19.7 Å². The summed E-state index contributed by atoms with van der Waals surface area (Å²) < 4.78 is 17.5. The number of ether oxygens (including phenoxy) is 3. The molecule has 1 aromatic heterocycles. The summed E-state index contributed by atoms with van der Waals surface area (Å²) in [5.41, 5.74) is -0.0287. The summed E-state index contributed by atoms with van der Waals surface area (Å²) in [7, 11) is 1.42. The van der Waals surface area contributed by atoms with Crippen LogP contribution in [0.5, 0.6) is 17.2 Å². The summed E-state index contributed by atoms with van der Waals surface area (Å²) in [5.74, 6) is -0.677. The van der Waals surface area contributed by atoms with Crippen LogP contribution in [0.1, 0.15) is 36.9 Å². The summed E-state index contributed by atoms with van der Waals surface area (Å²) in [6, 6.07) is 1.22. The molecular formula is C17H18N4O7. The second-order valence-electron chi connectivity index (χ2n) is 6.82. The standard InChI is InChI=1S/C17H18N4O7/c1-7(2)20-15-12(16(22)19-20)11(13(21(24)25)17(23)18-15)8-4-9(26-3)14-10(5-8)27-6-28-14/h4-5,7,11,13H,6H2,1-3H3,(H,18,23)(H,19,22)/t11-,13+/m1/s1. The molecule has 11 nitrogen and oxygen atoms in total. The lowest BCUT2D eigenvalue weighted by Crippen LogP contribution is -2.45. The number of carbonyl (C=O) groups is 1. The van der Waals surface area contributed by atoms with Gasteiger partial charge in [0.25, 0.3) is 5.56 Å². The number of rotatable bonds is 4. The third-order valence-electron chi connectivity index (χ3n) is 4.88. The molecule has 11 heteroatoms. The first-order valence-electron chi connectivity index (χ1n) is 8.59. The zero-order chi connectivity index (χ0) is 20.2. The van der Waals surface area contributed by atoms with Crippen LogP contribution in [0, 0.1) is 10.1 Å². The molecular weight excluding hydrogens is 372 g/mol. The lowest BCUT2D eigenvalue weighted by molar-refractivity contribution is -0.509. The van der Waals surface area contributed by atoms with Crippen LogP contribution in [0.2, 0.25) is 0 Å². The molecule has 0 aliphatic carbocycles. The molecule has 0 radical (unpaired) electrons. The predicted octanol–water partition coefficient (Wildman–Crippen LogP) is 1.22. The van der Waals surface area contributed by atoms with Gasteiger partial charge in [-0.25, -0.2) is 0 Å². The molecule has 2 atom stereocenters. The van der Waals surface area contributed by atoms with Crippen LogP contribution in [0.25, 0.3) is 0 Å². The largest absolute Gasteiger partial charge is 0.493 e. The molecule has 0 spiro atoms. The molecule has 0 bridgehead atoms. The van der Waals surface area contributed by atoms with Crippen molar-refractivity contribution >= 4 is 11.7 Å². The monoisotopic (exact) mass is 390 g/mol. The number of hydrogen-bond acceptors (Lipinski definition) is 7. The predicted molar refractivity (Wildman–Crippen MR) is 95.8 cm³/mol. The number of methoxy groups -OCH3 is 1. The van der Waals surface area contributed by atoms with Gasteiger partial charge in [0, 0.05) is 11.0 Å². The normalized spacial score (nSPS) is 20.1. The first kappa shape index (κ1) is 17.9. The molecule has 2 aliphatic rings. The third kappa shape index (κ3) is 2.50. The van der Waals surface area contributed by atoms with E-state index in [1.54, 1.807) is 6.07 Å². The molecule has 2 N–H and O–H groups in total. The highest BCUT2D eigenvalue weighted by atomic mass is 16.7. The number of aromatic nitrogens is 2. The van der Waals surface area contributed by atoms with E-state index in [0.29, 0.717) is 22.8 Å². The van der Waals surface area contributed by atoms with Crippen molar-refractivity contribution in [3.63, 3.8) is 0 Å². The lowest BCUT2D eigenvalue weighted by Gasteiger charge is -2.27. The van der Waals surface area contributed by atoms with Gasteiger partial charge >= 0.3 is 11.9 Å². The zero-order valence-corrected chi connectivity index (χ0v) is 15.3. The Morgan fingerprint density at radius 2 is 2.07 bits per heavy atom. The fourth-order valence-electron chi connectivity index (χ4n) is 3.66. The molecule has 0 unspecified atom stereocenters. The summed E-state index contributed by atoms with van der Waals surface area (Å²) in [4.78, 5) is 36.3. The van der Waals surface area contributed by atoms with Gasteiger partial charge in [-0.3, -0.25) is 29.5 Å². The number of nitrogens with one attached hydrogen (secondary N) is 2. The molecule has 28 heavy (non-hydrogen) atoms. The summed E-state index contributed by atoms with van der Waals surface area (Å²) in [6.45, 7) is 3.62. The Hall–Kier alpha value is -3.50. The van der Waals surface area contributed by atoms with E-state index in [0.717, 1.165) is 0 Å². The molecule has 2 aromatic rings. The minimum absolute atomic E-state index is 0.0193. The number of anilines is 1. The number of benzene rings is 1. The Balaban J connectivity index is 1.98. The smallest absolute Gasteiger partial charge is 0.301 e. The minimum atomic E-state index is -1.68. The van der Waals surface area contributed by atoms with Gasteiger partial charge in [0.05, 0.1) is 18.6 Å². The Morgan fingerprint density at radius 3 is 2.71 bits per heavy atom. The fraction of sp³-hybridized carbons (Fsp3) is 0.412. The van der Waals surface area contributed by atoms with Crippen molar-refractivity contribution in [3.05, 3.63) is 43.7 Å². The molecule has 0 fully saturated rings. The van der Waals surface area contributed by atoms with Gasteiger partial charge in [0.2, 0.25) is 12.5 Å². The SMILES string of the molecule is COc1cc([C@@H]2c3c(n(C(C)C)[nH]c3=O)NC(=O)[C@H]2[N+](=O)[O-])cc2c1OCO2. The van der Waals surface area contributed by atoms with Crippen LogP contribution in [0.3, 0.4) is 0 Å². The van der Waals surface area contributed by atoms with Gasteiger partial charge in [0.15, 0.2) is 11.5 Å². The van der Waals surface area contributed by atoms with E-state index < -0.39 is 28.3 Å². The Kier molecular flexibility index (Phi) is 4.02. The molecule has 148 valence electrons. The van der Waals surface area contributed by atoms with Crippen LogP contribution in [-0.2, 0) is 4.79 Å². The average Bonchev–Trinajstić information content (AvgIpc) is 3.24. The number of H-pyrrole nitrogens is 1. The first-order valence-corrected chi connectivity index (χ1v) is 8.59. The molecule has 4 rings (SSSR count). The third-order valence-corrected chi connectivity index (χ3v) is 4.88. The quantitative estimate of drug-likeness (QED) is 0.591. The van der Waals surface area contributed by atoms with E-state index in [2.05, 4.69) is 10.4 Å². The second-order valence-corrected chi connectivity index (χ2v) is 6.82. The number of aromatic amines is 1. The van der Waals surface area contributed by atoms with Gasteiger partial charge in [-0.2, -0.15) is 0 Å². The maximum atomic E-state index is 12.7. The molecule has 0 saturated carbocycles. The van der Waals surface area contributed by atoms with Gasteiger partial charge in [-0.1, -0.05) is 0 Å². The molecule has 3 heterocycles. The average molecular weight is 390 g/mol. The Labute approximate surface area is 158 Å². The highest BCUT2D eigenvalue weighted by Gasteiger charge is 2.49. The molecule has 1 amide bonds. The number of carbonyl (C=O) groups excluding carboxylic acids is 1. The number of fused-ring (bicyclic) bond motifs is 2. The molecule has 1 aromatic carbocycles. The highest BCUT2D eigenvalue weighted by Crippen LogP contribution is 2.46. The van der Waals surface area contributed by atoms with E-state index in [1.807, 2.05) is 13.8 Å². The van der Waals surface area contributed by atoms with E-state index in [1.165, 1.54) is 17.9 Å². The summed E-state index contributed by atoms with van der Waals surface area (Å²) in [6.07, 6.45) is 0. The number of nitrogens with zero attached hydrogens (tertiary/aromatic N) is 2.